The van der Waals surface area contributed by atoms with Gasteiger partial charge in [0.2, 0.25) is 11.8 Å². The van der Waals surface area contributed by atoms with Crippen molar-refractivity contribution in [1.82, 2.24) is 5.32 Å². The van der Waals surface area contributed by atoms with Crippen molar-refractivity contribution in [1.29, 1.82) is 0 Å². The topological polar surface area (TPSA) is 108 Å². The fraction of sp³-hybridized carbons (Fsp3) is 0.323. The van der Waals surface area contributed by atoms with Crippen LogP contribution < -0.4 is 16.0 Å². The third-order valence-corrected chi connectivity index (χ3v) is 8.37. The molecule has 41 heavy (non-hydrogen) atoms. The van der Waals surface area contributed by atoms with Crippen LogP contribution in [0.1, 0.15) is 54.6 Å². The molecule has 1 fully saturated rings. The first-order chi connectivity index (χ1) is 19.4. The van der Waals surface area contributed by atoms with Crippen LogP contribution >= 0.6 is 23.2 Å². The average Bonchev–Trinajstić information content (AvgIpc) is 3.39. The van der Waals surface area contributed by atoms with Crippen molar-refractivity contribution in [3.05, 3.63) is 93.2 Å². The molecule has 3 aromatic rings. The lowest BCUT2D eigenvalue weighted by atomic mass is 9.62. The van der Waals surface area contributed by atoms with Gasteiger partial charge in [0.05, 0.1) is 11.1 Å². The summed E-state index contributed by atoms with van der Waals surface area (Å²) in [5, 5.41) is 18.7. The lowest BCUT2D eigenvalue weighted by Gasteiger charge is -2.37. The van der Waals surface area contributed by atoms with Crippen LogP contribution in [0.3, 0.4) is 0 Å². The summed E-state index contributed by atoms with van der Waals surface area (Å²) in [5.41, 5.74) is 0.346. The third-order valence-electron chi connectivity index (χ3n) is 7.84. The van der Waals surface area contributed by atoms with Crippen LogP contribution in [-0.2, 0) is 15.0 Å². The van der Waals surface area contributed by atoms with Crippen molar-refractivity contribution in [3.8, 4) is 0 Å². The zero-order chi connectivity index (χ0) is 29.7. The Morgan fingerprint density at radius 1 is 1.07 bits per heavy atom. The zero-order valence-electron chi connectivity index (χ0n) is 22.7. The summed E-state index contributed by atoms with van der Waals surface area (Å²) in [4.78, 5) is 40.0. The lowest BCUT2D eigenvalue weighted by molar-refractivity contribution is -0.122. The second-order valence-corrected chi connectivity index (χ2v) is 12.6. The van der Waals surface area contributed by atoms with Crippen LogP contribution in [0, 0.1) is 11.2 Å². The number of ketones is 1. The Balaban J connectivity index is 1.66. The van der Waals surface area contributed by atoms with Gasteiger partial charge in [0.25, 0.3) is 0 Å². The number of aliphatic hydroxyl groups is 1. The molecule has 5 rings (SSSR count). The molecule has 0 radical (unpaired) electrons. The van der Waals surface area contributed by atoms with Crippen molar-refractivity contribution in [3.63, 3.8) is 0 Å². The smallest absolute Gasteiger partial charge is 0.242 e. The molecule has 0 aromatic heterocycles. The molecule has 0 aliphatic carbocycles. The molecule has 1 spiro atoms. The molecule has 1 saturated heterocycles. The summed E-state index contributed by atoms with van der Waals surface area (Å²) >= 11 is 12.5. The molecule has 10 heteroatoms. The minimum absolute atomic E-state index is 0.116. The Kier molecular flexibility index (Phi) is 7.72. The van der Waals surface area contributed by atoms with E-state index in [0.717, 1.165) is 0 Å². The maximum atomic E-state index is 15.8. The van der Waals surface area contributed by atoms with Crippen LogP contribution in [-0.4, -0.2) is 41.4 Å². The van der Waals surface area contributed by atoms with Crippen molar-refractivity contribution >= 4 is 52.2 Å². The molecule has 4 N–H and O–H groups in total. The fourth-order valence-electron chi connectivity index (χ4n) is 6.20. The molecule has 4 atom stereocenters. The third kappa shape index (κ3) is 5.14. The quantitative estimate of drug-likeness (QED) is 0.273. The van der Waals surface area contributed by atoms with Gasteiger partial charge in [-0.1, -0.05) is 62.2 Å². The maximum absolute atomic E-state index is 15.8. The highest BCUT2D eigenvalue weighted by atomic mass is 35.5. The first kappa shape index (κ1) is 29.2. The first-order valence-electron chi connectivity index (χ1n) is 13.2. The molecule has 0 bridgehead atoms. The SMILES string of the molecule is CC(C)(C)C[C@@H]1N[C@@H](C(=O)Nc2ccc(C(=O)CO)cc2)[C@@H](c2cccc(Cl)c2F)C12C(=O)Nc1cc(Cl)ccc12. The number of nitrogens with one attached hydrogen (secondary N) is 3. The Labute approximate surface area is 247 Å². The minimum Gasteiger partial charge on any atom is -0.388 e. The lowest BCUT2D eigenvalue weighted by Crippen LogP contribution is -2.49. The van der Waals surface area contributed by atoms with Gasteiger partial charge in [-0.3, -0.25) is 14.4 Å². The van der Waals surface area contributed by atoms with Crippen molar-refractivity contribution in [2.75, 3.05) is 17.2 Å². The molecule has 7 nitrogen and oxygen atoms in total. The van der Waals surface area contributed by atoms with E-state index in [1.165, 1.54) is 18.2 Å². The summed E-state index contributed by atoms with van der Waals surface area (Å²) in [6.07, 6.45) is 0.489. The molecule has 2 amide bonds. The molecule has 3 aromatic carbocycles. The van der Waals surface area contributed by atoms with E-state index in [0.29, 0.717) is 33.9 Å². The predicted octanol–water partition coefficient (Wildman–Crippen LogP) is 5.70. The summed E-state index contributed by atoms with van der Waals surface area (Å²) in [6.45, 7) is 5.48. The Morgan fingerprint density at radius 2 is 1.78 bits per heavy atom. The molecular weight excluding hydrogens is 568 g/mol. The van der Waals surface area contributed by atoms with E-state index in [-0.39, 0.29) is 21.9 Å². The number of anilines is 2. The summed E-state index contributed by atoms with van der Waals surface area (Å²) in [6, 6.07) is 14.2. The number of Topliss-reactive ketones (excluding diaryl/α,β-unsaturated/α-hetero) is 1. The Bertz CT molecular complexity index is 1540. The van der Waals surface area contributed by atoms with Crippen LogP contribution in [0.2, 0.25) is 10.0 Å². The Hall–Kier alpha value is -3.30. The van der Waals surface area contributed by atoms with Gasteiger partial charge in [-0.15, -0.1) is 0 Å². The first-order valence-corrected chi connectivity index (χ1v) is 14.0. The monoisotopic (exact) mass is 597 g/mol. The summed E-state index contributed by atoms with van der Waals surface area (Å²) < 4.78 is 15.8. The number of benzene rings is 3. The van der Waals surface area contributed by atoms with Crippen molar-refractivity contribution in [2.45, 2.75) is 50.6 Å². The second kappa shape index (κ2) is 10.8. The highest BCUT2D eigenvalue weighted by molar-refractivity contribution is 6.31. The predicted molar refractivity (Wildman–Crippen MR) is 157 cm³/mol. The van der Waals surface area contributed by atoms with E-state index < -0.39 is 47.5 Å². The van der Waals surface area contributed by atoms with Gasteiger partial charge in [0.15, 0.2) is 5.78 Å². The Morgan fingerprint density at radius 3 is 2.44 bits per heavy atom. The number of aliphatic hydroxyl groups excluding tert-OH is 1. The fourth-order valence-corrected chi connectivity index (χ4v) is 6.56. The van der Waals surface area contributed by atoms with Gasteiger partial charge >= 0.3 is 0 Å². The summed E-state index contributed by atoms with van der Waals surface area (Å²) in [5.74, 6) is -2.97. The van der Waals surface area contributed by atoms with E-state index in [1.807, 2.05) is 20.8 Å². The van der Waals surface area contributed by atoms with Gasteiger partial charge in [-0.05, 0) is 65.4 Å². The molecular formula is C31H30Cl2FN3O4. The summed E-state index contributed by atoms with van der Waals surface area (Å²) in [7, 11) is 0. The van der Waals surface area contributed by atoms with Gasteiger partial charge in [0.1, 0.15) is 17.8 Å². The van der Waals surface area contributed by atoms with E-state index in [1.54, 1.807) is 42.5 Å². The van der Waals surface area contributed by atoms with E-state index in [4.69, 9.17) is 28.3 Å². The highest BCUT2D eigenvalue weighted by Gasteiger charge is 2.66. The maximum Gasteiger partial charge on any atom is 0.242 e. The number of hydrogen-bond acceptors (Lipinski definition) is 5. The normalized spacial score (nSPS) is 23.4. The van der Waals surface area contributed by atoms with Crippen molar-refractivity contribution < 1.29 is 23.9 Å². The van der Waals surface area contributed by atoms with Gasteiger partial charge in [0, 0.05) is 33.9 Å². The highest BCUT2D eigenvalue weighted by Crippen LogP contribution is 2.57. The van der Waals surface area contributed by atoms with Crippen molar-refractivity contribution in [2.24, 2.45) is 5.41 Å². The number of hydrogen-bond donors (Lipinski definition) is 4. The second-order valence-electron chi connectivity index (χ2n) is 11.7. The molecule has 2 aliphatic heterocycles. The number of carbonyl (C=O) groups excluding carboxylic acids is 3. The van der Waals surface area contributed by atoms with E-state index in [2.05, 4.69) is 16.0 Å². The van der Waals surface area contributed by atoms with Gasteiger partial charge in [-0.2, -0.15) is 0 Å². The molecule has 0 saturated carbocycles. The van der Waals surface area contributed by atoms with Gasteiger partial charge < -0.3 is 21.1 Å². The molecule has 2 heterocycles. The van der Waals surface area contributed by atoms with E-state index >= 15 is 4.39 Å². The van der Waals surface area contributed by atoms with Crippen LogP contribution in [0.15, 0.2) is 60.7 Å². The molecule has 2 aliphatic rings. The van der Waals surface area contributed by atoms with Crippen LogP contribution in [0.4, 0.5) is 15.8 Å². The average molecular weight is 599 g/mol. The molecule has 214 valence electrons. The standard InChI is InChI=1S/C31H30Cl2FN3O4/c1-30(2,3)14-24-31(20-12-9-17(32)13-22(20)36-29(31)41)25(19-5-4-6-21(33)26(19)34)27(37-24)28(40)35-18-10-7-16(8-11-18)23(39)15-38/h4-13,24-25,27,37-38H,14-15H2,1-3H3,(H,35,40)(H,36,41)/t24-,25+,27+,31?/m0/s1. The van der Waals surface area contributed by atoms with Gasteiger partial charge in [-0.25, -0.2) is 4.39 Å². The van der Waals surface area contributed by atoms with Crippen LogP contribution in [0.5, 0.6) is 0 Å². The van der Waals surface area contributed by atoms with E-state index in [9.17, 15) is 14.4 Å². The number of rotatable bonds is 6. The number of fused-ring (bicyclic) bond motifs is 2. The number of halogens is 3. The van der Waals surface area contributed by atoms with Crippen LogP contribution in [0.25, 0.3) is 0 Å². The molecule has 1 unspecified atom stereocenters. The minimum atomic E-state index is -1.36. The largest absolute Gasteiger partial charge is 0.388 e. The zero-order valence-corrected chi connectivity index (χ0v) is 24.2. The number of amides is 2. The number of carbonyl (C=O) groups is 3.